The summed E-state index contributed by atoms with van der Waals surface area (Å²) in [7, 11) is 0. The highest BCUT2D eigenvalue weighted by Crippen LogP contribution is 2.06. The monoisotopic (exact) mass is 213 g/mol. The second-order valence-corrected chi connectivity index (χ2v) is 3.00. The molecule has 0 spiro atoms. The summed E-state index contributed by atoms with van der Waals surface area (Å²) in [4.78, 5) is 11.8. The molecule has 1 rings (SSSR count). The molecule has 14 heavy (non-hydrogen) atoms. The van der Waals surface area contributed by atoms with Crippen LogP contribution in [0.15, 0.2) is 12.7 Å². The summed E-state index contributed by atoms with van der Waals surface area (Å²) >= 11 is 5.59. The van der Waals surface area contributed by atoms with Crippen LogP contribution in [0, 0.1) is 0 Å². The first-order chi connectivity index (χ1) is 6.65. The first-order valence-electron chi connectivity index (χ1n) is 4.11. The van der Waals surface area contributed by atoms with Gasteiger partial charge in [0.2, 0.25) is 11.9 Å². The lowest BCUT2D eigenvalue weighted by Crippen LogP contribution is -2.16. The molecule has 5 nitrogen and oxygen atoms in total. The van der Waals surface area contributed by atoms with E-state index in [0.717, 1.165) is 0 Å². The van der Waals surface area contributed by atoms with Crippen LogP contribution in [0.2, 0.25) is 0 Å². The molecule has 1 aromatic rings. The maximum absolute atomic E-state index is 5.59. The Labute approximate surface area is 87.4 Å². The van der Waals surface area contributed by atoms with Crippen molar-refractivity contribution in [1.29, 1.82) is 0 Å². The maximum Gasteiger partial charge on any atom is 0.228 e. The van der Waals surface area contributed by atoms with Crippen molar-refractivity contribution in [3.8, 4) is 0 Å². The van der Waals surface area contributed by atoms with Crippen LogP contribution in [0.5, 0.6) is 0 Å². The average Bonchev–Trinajstić information content (AvgIpc) is 2.16. The van der Waals surface area contributed by atoms with E-state index in [1.807, 2.05) is 6.92 Å². The zero-order valence-electron chi connectivity index (χ0n) is 7.87. The third kappa shape index (κ3) is 2.85. The Kier molecular flexibility index (Phi) is 3.64. The van der Waals surface area contributed by atoms with Crippen molar-refractivity contribution in [2.24, 2.45) is 0 Å². The minimum Gasteiger partial charge on any atom is -0.368 e. The third-order valence-corrected chi connectivity index (χ3v) is 1.77. The Morgan fingerprint density at radius 3 is 2.86 bits per heavy atom. The van der Waals surface area contributed by atoms with Gasteiger partial charge in [-0.2, -0.15) is 15.0 Å². The predicted octanol–water partition coefficient (Wildman–Crippen LogP) is 1.18. The van der Waals surface area contributed by atoms with E-state index in [1.54, 1.807) is 6.08 Å². The van der Waals surface area contributed by atoms with Crippen molar-refractivity contribution in [2.75, 3.05) is 11.1 Å². The Hall–Kier alpha value is -1.36. The fourth-order valence-electron chi connectivity index (χ4n) is 0.825. The molecular weight excluding hydrogens is 202 g/mol. The van der Waals surface area contributed by atoms with Gasteiger partial charge in [-0.1, -0.05) is 6.08 Å². The van der Waals surface area contributed by atoms with E-state index in [4.69, 9.17) is 17.3 Å². The normalized spacial score (nSPS) is 12.1. The van der Waals surface area contributed by atoms with E-state index in [-0.39, 0.29) is 17.9 Å². The topological polar surface area (TPSA) is 76.7 Å². The summed E-state index contributed by atoms with van der Waals surface area (Å²) in [6.45, 7) is 5.55. The lowest BCUT2D eigenvalue weighted by atomic mass is 10.3. The van der Waals surface area contributed by atoms with Crippen LogP contribution < -0.4 is 11.1 Å². The summed E-state index contributed by atoms with van der Waals surface area (Å²) < 4.78 is 0. The highest BCUT2D eigenvalue weighted by molar-refractivity contribution is 6.16. The van der Waals surface area contributed by atoms with Crippen LogP contribution in [0.4, 0.5) is 11.9 Å². The van der Waals surface area contributed by atoms with Gasteiger partial charge in [-0.25, -0.2) is 0 Å². The molecule has 0 amide bonds. The maximum atomic E-state index is 5.59. The van der Waals surface area contributed by atoms with Gasteiger partial charge < -0.3 is 11.1 Å². The highest BCUT2D eigenvalue weighted by atomic mass is 35.5. The summed E-state index contributed by atoms with van der Waals surface area (Å²) in [5, 5.41) is 2.99. The minimum atomic E-state index is 0.0694. The van der Waals surface area contributed by atoms with E-state index in [9.17, 15) is 0 Å². The van der Waals surface area contributed by atoms with Gasteiger partial charge in [-0.05, 0) is 6.92 Å². The van der Waals surface area contributed by atoms with Crippen LogP contribution in [0.1, 0.15) is 12.7 Å². The van der Waals surface area contributed by atoms with Crippen LogP contribution in [0.3, 0.4) is 0 Å². The number of nitrogen functional groups attached to an aromatic ring is 1. The molecule has 0 aliphatic carbocycles. The predicted molar refractivity (Wildman–Crippen MR) is 57.1 cm³/mol. The van der Waals surface area contributed by atoms with Crippen molar-refractivity contribution >= 4 is 23.5 Å². The van der Waals surface area contributed by atoms with Crippen molar-refractivity contribution in [1.82, 2.24) is 15.0 Å². The molecule has 1 heterocycles. The first-order valence-corrected chi connectivity index (χ1v) is 4.64. The number of anilines is 2. The van der Waals surface area contributed by atoms with Crippen LogP contribution in [-0.2, 0) is 5.88 Å². The number of alkyl halides is 1. The molecule has 0 aliphatic heterocycles. The number of hydrogen-bond donors (Lipinski definition) is 2. The van der Waals surface area contributed by atoms with Gasteiger partial charge >= 0.3 is 0 Å². The van der Waals surface area contributed by atoms with Gasteiger partial charge in [0.15, 0.2) is 5.82 Å². The number of nitrogens with zero attached hydrogens (tertiary/aromatic N) is 3. The fraction of sp³-hybridized carbons (Fsp3) is 0.375. The minimum absolute atomic E-state index is 0.0694. The molecule has 0 fully saturated rings. The molecule has 0 aromatic carbocycles. The fourth-order valence-corrected chi connectivity index (χ4v) is 0.944. The van der Waals surface area contributed by atoms with E-state index in [0.29, 0.717) is 11.8 Å². The highest BCUT2D eigenvalue weighted by Gasteiger charge is 2.04. The molecule has 3 N–H and O–H groups in total. The van der Waals surface area contributed by atoms with Gasteiger partial charge in [-0.15, -0.1) is 18.2 Å². The van der Waals surface area contributed by atoms with Crippen molar-refractivity contribution in [3.05, 3.63) is 18.5 Å². The first kappa shape index (κ1) is 10.7. The number of hydrogen-bond acceptors (Lipinski definition) is 5. The number of aromatic nitrogens is 3. The molecule has 0 aliphatic rings. The van der Waals surface area contributed by atoms with Gasteiger partial charge in [0.05, 0.1) is 5.88 Å². The molecule has 0 saturated heterocycles. The average molecular weight is 214 g/mol. The lowest BCUT2D eigenvalue weighted by molar-refractivity contribution is 0.914. The zero-order valence-corrected chi connectivity index (χ0v) is 8.62. The number of nitrogens with two attached hydrogens (primary N) is 1. The number of nitrogens with one attached hydrogen (secondary N) is 1. The van der Waals surface area contributed by atoms with Crippen LogP contribution in [-0.4, -0.2) is 21.0 Å². The summed E-state index contributed by atoms with van der Waals surface area (Å²) in [5.74, 6) is 1.25. The number of halogens is 1. The second kappa shape index (κ2) is 4.76. The Balaban J connectivity index is 2.86. The molecule has 0 bridgehead atoms. The summed E-state index contributed by atoms with van der Waals surface area (Å²) in [6, 6.07) is 0.0694. The largest absolute Gasteiger partial charge is 0.368 e. The second-order valence-electron chi connectivity index (χ2n) is 2.74. The number of rotatable bonds is 4. The SMILES string of the molecule is C=CC(C)Nc1nc(N)nc(CCl)n1. The molecule has 1 aromatic heterocycles. The van der Waals surface area contributed by atoms with Crippen molar-refractivity contribution in [3.63, 3.8) is 0 Å². The Bertz CT molecular complexity index is 328. The molecule has 1 unspecified atom stereocenters. The summed E-state index contributed by atoms with van der Waals surface area (Å²) in [6.07, 6.45) is 1.74. The molecule has 6 heteroatoms. The molecule has 76 valence electrons. The third-order valence-electron chi connectivity index (χ3n) is 1.53. The smallest absolute Gasteiger partial charge is 0.228 e. The van der Waals surface area contributed by atoms with E-state index < -0.39 is 0 Å². The lowest BCUT2D eigenvalue weighted by Gasteiger charge is -2.09. The van der Waals surface area contributed by atoms with Crippen molar-refractivity contribution in [2.45, 2.75) is 18.8 Å². The quantitative estimate of drug-likeness (QED) is 0.580. The summed E-state index contributed by atoms with van der Waals surface area (Å²) in [5.41, 5.74) is 5.47. The van der Waals surface area contributed by atoms with Crippen LogP contribution in [0.25, 0.3) is 0 Å². The van der Waals surface area contributed by atoms with Gasteiger partial charge in [0.25, 0.3) is 0 Å². The molecular formula is C8H12ClN5. The molecule has 0 radical (unpaired) electrons. The Morgan fingerprint density at radius 1 is 1.57 bits per heavy atom. The van der Waals surface area contributed by atoms with Crippen molar-refractivity contribution < 1.29 is 0 Å². The van der Waals surface area contributed by atoms with Crippen LogP contribution >= 0.6 is 11.6 Å². The Morgan fingerprint density at radius 2 is 2.29 bits per heavy atom. The van der Waals surface area contributed by atoms with E-state index >= 15 is 0 Å². The zero-order chi connectivity index (χ0) is 10.6. The van der Waals surface area contributed by atoms with Gasteiger partial charge in [-0.3, -0.25) is 0 Å². The molecule has 0 saturated carbocycles. The van der Waals surface area contributed by atoms with E-state index in [2.05, 4.69) is 26.8 Å². The van der Waals surface area contributed by atoms with E-state index in [1.165, 1.54) is 0 Å². The molecule has 1 atom stereocenters. The van der Waals surface area contributed by atoms with Gasteiger partial charge in [0.1, 0.15) is 0 Å². The standard InChI is InChI=1S/C8H12ClN5/c1-3-5(2)11-8-13-6(4-9)12-7(10)14-8/h3,5H,1,4H2,2H3,(H3,10,11,12,13,14). The van der Waals surface area contributed by atoms with Gasteiger partial charge in [0, 0.05) is 6.04 Å².